The minimum Gasteiger partial charge on any atom is -0.315 e. The van der Waals surface area contributed by atoms with Gasteiger partial charge in [0, 0.05) is 18.6 Å². The molecule has 2 rings (SSSR count). The van der Waals surface area contributed by atoms with Crippen LogP contribution in [0.25, 0.3) is 0 Å². The van der Waals surface area contributed by atoms with E-state index in [0.717, 1.165) is 24.2 Å². The number of nitrogens with one attached hydrogen (secondary N) is 1. The molecular formula is C12H16N2OS. The summed E-state index contributed by atoms with van der Waals surface area (Å²) < 4.78 is 0. The number of carbonyl (C=O) groups is 1. The van der Waals surface area contributed by atoms with Gasteiger partial charge in [0.2, 0.25) is 5.91 Å². The quantitative estimate of drug-likeness (QED) is 0.468. The van der Waals surface area contributed by atoms with Crippen LogP contribution in [-0.2, 0) is 17.6 Å². The first-order valence-electron chi connectivity index (χ1n) is 5.42. The topological polar surface area (TPSA) is 32.3 Å². The van der Waals surface area contributed by atoms with Crippen LogP contribution in [0.5, 0.6) is 0 Å². The molecule has 1 aliphatic heterocycles. The number of carbonyl (C=O) groups excluding carboxylic acids is 1. The van der Waals surface area contributed by atoms with E-state index in [1.807, 2.05) is 13.1 Å². The van der Waals surface area contributed by atoms with E-state index in [-0.39, 0.29) is 5.91 Å². The Hall–Kier alpha value is -1.00. The van der Waals surface area contributed by atoms with Crippen molar-refractivity contribution in [3.05, 3.63) is 29.3 Å². The summed E-state index contributed by atoms with van der Waals surface area (Å²) in [5, 5.41) is 3.17. The van der Waals surface area contributed by atoms with Crippen molar-refractivity contribution in [2.75, 3.05) is 24.4 Å². The van der Waals surface area contributed by atoms with E-state index >= 15 is 0 Å². The molecule has 1 heterocycles. The summed E-state index contributed by atoms with van der Waals surface area (Å²) in [5.41, 5.74) is 3.47. The van der Waals surface area contributed by atoms with E-state index in [2.05, 4.69) is 30.1 Å². The zero-order valence-corrected chi connectivity index (χ0v) is 10.3. The summed E-state index contributed by atoms with van der Waals surface area (Å²) in [5.74, 6) is 0.882. The lowest BCUT2D eigenvalue weighted by Gasteiger charge is -2.10. The van der Waals surface area contributed by atoms with Crippen LogP contribution in [0, 0.1) is 0 Å². The van der Waals surface area contributed by atoms with E-state index in [9.17, 15) is 4.79 Å². The van der Waals surface area contributed by atoms with Gasteiger partial charge in [-0.1, -0.05) is 12.1 Å². The highest BCUT2D eigenvalue weighted by atomic mass is 32.1. The van der Waals surface area contributed by atoms with Gasteiger partial charge in [-0.2, -0.15) is 12.6 Å². The molecule has 0 spiro atoms. The molecule has 1 N–H and O–H groups in total. The van der Waals surface area contributed by atoms with Crippen LogP contribution in [0.15, 0.2) is 18.2 Å². The molecule has 0 aromatic heterocycles. The number of likely N-dealkylation sites (N-methyl/N-ethyl adjacent to an activating group) is 1. The van der Waals surface area contributed by atoms with Gasteiger partial charge in [-0.15, -0.1) is 0 Å². The molecule has 1 aromatic rings. The lowest BCUT2D eigenvalue weighted by molar-refractivity contribution is -0.117. The molecule has 0 aliphatic carbocycles. The van der Waals surface area contributed by atoms with Crippen LogP contribution < -0.4 is 10.2 Å². The standard InChI is InChI=1S/C12H16N2OS/c1-14-11-3-2-9(4-5-13-8-16)6-10(11)7-12(14)15/h2-3,6,13,16H,4-5,7-8H2,1H3. The number of rotatable bonds is 4. The maximum absolute atomic E-state index is 11.5. The first-order valence-corrected chi connectivity index (χ1v) is 6.05. The summed E-state index contributed by atoms with van der Waals surface area (Å²) in [7, 11) is 1.83. The second-order valence-electron chi connectivity index (χ2n) is 4.00. The number of amides is 1. The number of hydrogen-bond donors (Lipinski definition) is 2. The summed E-state index contributed by atoms with van der Waals surface area (Å²) in [6.07, 6.45) is 1.52. The Morgan fingerprint density at radius 1 is 1.50 bits per heavy atom. The Bertz CT molecular complexity index is 406. The monoisotopic (exact) mass is 236 g/mol. The number of benzene rings is 1. The van der Waals surface area contributed by atoms with E-state index in [1.54, 1.807) is 4.90 Å². The van der Waals surface area contributed by atoms with Gasteiger partial charge >= 0.3 is 0 Å². The molecule has 86 valence electrons. The largest absolute Gasteiger partial charge is 0.315 e. The third kappa shape index (κ3) is 2.23. The molecule has 4 heteroatoms. The van der Waals surface area contributed by atoms with Crippen LogP contribution in [0.2, 0.25) is 0 Å². The third-order valence-electron chi connectivity index (χ3n) is 2.92. The zero-order chi connectivity index (χ0) is 11.5. The van der Waals surface area contributed by atoms with Crippen LogP contribution in [0.1, 0.15) is 11.1 Å². The highest BCUT2D eigenvalue weighted by Gasteiger charge is 2.23. The Kier molecular flexibility index (Phi) is 3.51. The Morgan fingerprint density at radius 2 is 2.31 bits per heavy atom. The second-order valence-corrected chi connectivity index (χ2v) is 4.32. The molecule has 16 heavy (non-hydrogen) atoms. The maximum Gasteiger partial charge on any atom is 0.231 e. The van der Waals surface area contributed by atoms with Gasteiger partial charge < -0.3 is 10.2 Å². The summed E-state index contributed by atoms with van der Waals surface area (Å²) in [6.45, 7) is 0.923. The van der Waals surface area contributed by atoms with E-state index < -0.39 is 0 Å². The fraction of sp³-hybridized carbons (Fsp3) is 0.417. The lowest BCUT2D eigenvalue weighted by Crippen LogP contribution is -2.20. The van der Waals surface area contributed by atoms with Crippen LogP contribution in [-0.4, -0.2) is 25.4 Å². The van der Waals surface area contributed by atoms with Crippen molar-refractivity contribution in [2.24, 2.45) is 0 Å². The average molecular weight is 236 g/mol. The molecule has 1 aliphatic rings. The average Bonchev–Trinajstić information content (AvgIpc) is 2.55. The molecule has 1 aromatic carbocycles. The highest BCUT2D eigenvalue weighted by molar-refractivity contribution is 7.80. The Labute approximate surface area is 101 Å². The van der Waals surface area contributed by atoms with Gasteiger partial charge in [0.15, 0.2) is 0 Å². The predicted molar refractivity (Wildman–Crippen MR) is 69.1 cm³/mol. The van der Waals surface area contributed by atoms with Crippen molar-refractivity contribution in [3.8, 4) is 0 Å². The van der Waals surface area contributed by atoms with Crippen molar-refractivity contribution in [3.63, 3.8) is 0 Å². The van der Waals surface area contributed by atoms with Crippen molar-refractivity contribution < 1.29 is 4.79 Å². The molecule has 0 fully saturated rings. The minimum absolute atomic E-state index is 0.181. The van der Waals surface area contributed by atoms with Crippen molar-refractivity contribution in [1.82, 2.24) is 5.32 Å². The van der Waals surface area contributed by atoms with E-state index in [0.29, 0.717) is 12.3 Å². The maximum atomic E-state index is 11.5. The Morgan fingerprint density at radius 3 is 3.06 bits per heavy atom. The van der Waals surface area contributed by atoms with Crippen LogP contribution in [0.4, 0.5) is 5.69 Å². The predicted octanol–water partition coefficient (Wildman–Crippen LogP) is 1.22. The molecule has 0 unspecified atom stereocenters. The fourth-order valence-electron chi connectivity index (χ4n) is 1.99. The van der Waals surface area contributed by atoms with Gasteiger partial charge in [-0.25, -0.2) is 0 Å². The number of nitrogens with zero attached hydrogens (tertiary/aromatic N) is 1. The van der Waals surface area contributed by atoms with Crippen LogP contribution in [0.3, 0.4) is 0 Å². The third-order valence-corrected chi connectivity index (χ3v) is 3.15. The van der Waals surface area contributed by atoms with Gasteiger partial charge in [-0.3, -0.25) is 4.79 Å². The van der Waals surface area contributed by atoms with Gasteiger partial charge in [0.05, 0.1) is 6.42 Å². The summed E-state index contributed by atoms with van der Waals surface area (Å²) >= 11 is 4.09. The number of hydrogen-bond acceptors (Lipinski definition) is 3. The molecule has 3 nitrogen and oxygen atoms in total. The van der Waals surface area contributed by atoms with Gasteiger partial charge in [0.1, 0.15) is 0 Å². The SMILES string of the molecule is CN1C(=O)Cc2cc(CCNCS)ccc21. The second kappa shape index (κ2) is 4.89. The fourth-order valence-corrected chi connectivity index (χ4v) is 2.15. The highest BCUT2D eigenvalue weighted by Crippen LogP contribution is 2.28. The molecule has 0 atom stereocenters. The molecule has 0 bridgehead atoms. The first kappa shape index (κ1) is 11.5. The van der Waals surface area contributed by atoms with Crippen molar-refractivity contribution in [2.45, 2.75) is 12.8 Å². The number of thiol groups is 1. The molecule has 1 amide bonds. The number of fused-ring (bicyclic) bond motifs is 1. The number of anilines is 1. The minimum atomic E-state index is 0.181. The van der Waals surface area contributed by atoms with E-state index in [1.165, 1.54) is 5.56 Å². The Balaban J connectivity index is 2.09. The van der Waals surface area contributed by atoms with Gasteiger partial charge in [0.25, 0.3) is 0 Å². The smallest absolute Gasteiger partial charge is 0.231 e. The molecule has 0 saturated carbocycles. The summed E-state index contributed by atoms with van der Waals surface area (Å²) in [4.78, 5) is 13.2. The molecule has 0 saturated heterocycles. The zero-order valence-electron chi connectivity index (χ0n) is 9.36. The molecular weight excluding hydrogens is 220 g/mol. The molecule has 0 radical (unpaired) electrons. The normalized spacial score (nSPS) is 14.4. The van der Waals surface area contributed by atoms with Crippen molar-refractivity contribution >= 4 is 24.2 Å². The lowest BCUT2D eigenvalue weighted by atomic mass is 10.1. The first-order chi connectivity index (χ1) is 7.72. The van der Waals surface area contributed by atoms with Crippen LogP contribution >= 0.6 is 12.6 Å². The van der Waals surface area contributed by atoms with Crippen molar-refractivity contribution in [1.29, 1.82) is 0 Å². The van der Waals surface area contributed by atoms with E-state index in [4.69, 9.17) is 0 Å². The van der Waals surface area contributed by atoms with Gasteiger partial charge in [-0.05, 0) is 30.2 Å². The summed E-state index contributed by atoms with van der Waals surface area (Å²) in [6, 6.07) is 6.27.